The van der Waals surface area contributed by atoms with Gasteiger partial charge in [0.2, 0.25) is 0 Å². The first-order valence-electron chi connectivity index (χ1n) is 4.64. The van der Waals surface area contributed by atoms with Crippen molar-refractivity contribution in [3.63, 3.8) is 0 Å². The standard InChI is InChI=1S/C12H13FO/c1-2-3-4-9-12(14)10-7-5-6-8-11(10)13/h2,5-8H,1,3-4,9H2. The second-order valence-corrected chi connectivity index (χ2v) is 3.08. The predicted octanol–water partition coefficient (Wildman–Crippen LogP) is 3.36. The second-order valence-electron chi connectivity index (χ2n) is 3.08. The van der Waals surface area contributed by atoms with Gasteiger partial charge in [-0.25, -0.2) is 4.39 Å². The second kappa shape index (κ2) is 5.32. The summed E-state index contributed by atoms with van der Waals surface area (Å²) in [6, 6.07) is 6.08. The Morgan fingerprint density at radius 2 is 2.14 bits per heavy atom. The SMILES string of the molecule is C=CCCCC(=O)c1ccccc1F. The minimum Gasteiger partial charge on any atom is -0.294 e. The van der Waals surface area contributed by atoms with Crippen molar-refractivity contribution >= 4 is 5.78 Å². The van der Waals surface area contributed by atoms with E-state index >= 15 is 0 Å². The van der Waals surface area contributed by atoms with Crippen molar-refractivity contribution in [1.82, 2.24) is 0 Å². The monoisotopic (exact) mass is 192 g/mol. The highest BCUT2D eigenvalue weighted by molar-refractivity contribution is 5.96. The van der Waals surface area contributed by atoms with Crippen LogP contribution in [0.5, 0.6) is 0 Å². The Morgan fingerprint density at radius 3 is 2.79 bits per heavy atom. The Bertz CT molecular complexity index is 331. The van der Waals surface area contributed by atoms with Gasteiger partial charge in [0, 0.05) is 6.42 Å². The molecule has 1 aromatic carbocycles. The third-order valence-corrected chi connectivity index (χ3v) is 1.99. The molecular formula is C12H13FO. The number of carbonyl (C=O) groups excluding carboxylic acids is 1. The zero-order valence-electron chi connectivity index (χ0n) is 8.00. The highest BCUT2D eigenvalue weighted by atomic mass is 19.1. The van der Waals surface area contributed by atoms with E-state index < -0.39 is 5.82 Å². The molecule has 0 spiro atoms. The number of unbranched alkanes of at least 4 members (excludes halogenated alkanes) is 1. The lowest BCUT2D eigenvalue weighted by Gasteiger charge is -2.00. The Hall–Kier alpha value is -1.44. The molecule has 2 heteroatoms. The highest BCUT2D eigenvalue weighted by Crippen LogP contribution is 2.11. The number of benzene rings is 1. The molecule has 0 aliphatic heterocycles. The van der Waals surface area contributed by atoms with E-state index in [9.17, 15) is 9.18 Å². The number of rotatable bonds is 5. The van der Waals surface area contributed by atoms with Gasteiger partial charge in [-0.15, -0.1) is 6.58 Å². The van der Waals surface area contributed by atoms with Crippen LogP contribution in [-0.4, -0.2) is 5.78 Å². The fourth-order valence-electron chi connectivity index (χ4n) is 1.23. The number of hydrogen-bond acceptors (Lipinski definition) is 1. The van der Waals surface area contributed by atoms with Crippen molar-refractivity contribution in [1.29, 1.82) is 0 Å². The molecule has 0 radical (unpaired) electrons. The lowest BCUT2D eigenvalue weighted by Crippen LogP contribution is -2.01. The molecule has 0 fully saturated rings. The van der Waals surface area contributed by atoms with Gasteiger partial charge in [-0.05, 0) is 25.0 Å². The lowest BCUT2D eigenvalue weighted by atomic mass is 10.1. The van der Waals surface area contributed by atoms with Crippen LogP contribution in [-0.2, 0) is 0 Å². The molecular weight excluding hydrogens is 179 g/mol. The molecule has 0 heterocycles. The van der Waals surface area contributed by atoms with Gasteiger partial charge in [0.05, 0.1) is 5.56 Å². The highest BCUT2D eigenvalue weighted by Gasteiger charge is 2.09. The van der Waals surface area contributed by atoms with Crippen molar-refractivity contribution in [3.05, 3.63) is 48.3 Å². The van der Waals surface area contributed by atoms with Gasteiger partial charge in [0.25, 0.3) is 0 Å². The van der Waals surface area contributed by atoms with Crippen LogP contribution in [0.3, 0.4) is 0 Å². The van der Waals surface area contributed by atoms with E-state index in [1.165, 1.54) is 12.1 Å². The molecule has 14 heavy (non-hydrogen) atoms. The summed E-state index contributed by atoms with van der Waals surface area (Å²) >= 11 is 0. The Balaban J connectivity index is 2.60. The van der Waals surface area contributed by atoms with Gasteiger partial charge >= 0.3 is 0 Å². The topological polar surface area (TPSA) is 17.1 Å². The van der Waals surface area contributed by atoms with Crippen LogP contribution in [0.1, 0.15) is 29.6 Å². The fraction of sp³-hybridized carbons (Fsp3) is 0.250. The van der Waals surface area contributed by atoms with Crippen molar-refractivity contribution in [3.8, 4) is 0 Å². The molecule has 0 saturated heterocycles. The summed E-state index contributed by atoms with van der Waals surface area (Å²) in [5, 5.41) is 0. The fourth-order valence-corrected chi connectivity index (χ4v) is 1.23. The number of Topliss-reactive ketones (excluding diaryl/α,β-unsaturated/α-hetero) is 1. The van der Waals surface area contributed by atoms with E-state index in [2.05, 4.69) is 6.58 Å². The zero-order valence-corrected chi connectivity index (χ0v) is 8.00. The third-order valence-electron chi connectivity index (χ3n) is 1.99. The molecule has 1 nitrogen and oxygen atoms in total. The van der Waals surface area contributed by atoms with Gasteiger partial charge in [-0.1, -0.05) is 18.2 Å². The molecule has 0 unspecified atom stereocenters. The summed E-state index contributed by atoms with van der Waals surface area (Å²) < 4.78 is 13.1. The number of halogens is 1. The smallest absolute Gasteiger partial charge is 0.165 e. The molecule has 1 rings (SSSR count). The maximum Gasteiger partial charge on any atom is 0.165 e. The third kappa shape index (κ3) is 2.80. The van der Waals surface area contributed by atoms with Crippen LogP contribution >= 0.6 is 0 Å². The Kier molecular flexibility index (Phi) is 4.05. The summed E-state index contributed by atoms with van der Waals surface area (Å²) in [6.45, 7) is 3.56. The van der Waals surface area contributed by atoms with Crippen molar-refractivity contribution in [2.75, 3.05) is 0 Å². The molecule has 0 atom stereocenters. The normalized spacial score (nSPS) is 9.79. The first-order valence-corrected chi connectivity index (χ1v) is 4.64. The van der Waals surface area contributed by atoms with Crippen molar-refractivity contribution in [2.24, 2.45) is 0 Å². The quantitative estimate of drug-likeness (QED) is 0.397. The number of allylic oxidation sites excluding steroid dienone is 1. The van der Waals surface area contributed by atoms with Crippen LogP contribution in [0, 0.1) is 5.82 Å². The molecule has 1 aromatic rings. The summed E-state index contributed by atoms with van der Waals surface area (Å²) in [4.78, 5) is 11.5. The van der Waals surface area contributed by atoms with Crippen LogP contribution < -0.4 is 0 Å². The van der Waals surface area contributed by atoms with E-state index in [0.29, 0.717) is 6.42 Å². The molecule has 0 aromatic heterocycles. The summed E-state index contributed by atoms with van der Waals surface area (Å²) in [5.74, 6) is -0.568. The average molecular weight is 192 g/mol. The predicted molar refractivity (Wildman–Crippen MR) is 54.8 cm³/mol. The maximum atomic E-state index is 13.1. The summed E-state index contributed by atoms with van der Waals surface area (Å²) in [7, 11) is 0. The number of hydrogen-bond donors (Lipinski definition) is 0. The summed E-state index contributed by atoms with van der Waals surface area (Å²) in [6.07, 6.45) is 3.67. The van der Waals surface area contributed by atoms with E-state index in [1.807, 2.05) is 0 Å². The van der Waals surface area contributed by atoms with Gasteiger partial charge in [0.1, 0.15) is 5.82 Å². The zero-order chi connectivity index (χ0) is 10.4. The number of ketones is 1. The lowest BCUT2D eigenvalue weighted by molar-refractivity contribution is 0.0976. The summed E-state index contributed by atoms with van der Waals surface area (Å²) in [5.41, 5.74) is 0.191. The molecule has 74 valence electrons. The van der Waals surface area contributed by atoms with Crippen LogP contribution in [0.2, 0.25) is 0 Å². The molecule has 0 bridgehead atoms. The van der Waals surface area contributed by atoms with Crippen molar-refractivity contribution < 1.29 is 9.18 Å². The van der Waals surface area contributed by atoms with Gasteiger partial charge in [-0.2, -0.15) is 0 Å². The molecule has 0 aliphatic rings. The Morgan fingerprint density at radius 1 is 1.43 bits per heavy atom. The largest absolute Gasteiger partial charge is 0.294 e. The molecule has 0 aliphatic carbocycles. The maximum absolute atomic E-state index is 13.1. The van der Waals surface area contributed by atoms with Crippen LogP contribution in [0.4, 0.5) is 4.39 Å². The minimum atomic E-state index is -0.434. The Labute approximate surface area is 83.3 Å². The minimum absolute atomic E-state index is 0.134. The van der Waals surface area contributed by atoms with Crippen LogP contribution in [0.15, 0.2) is 36.9 Å². The molecule has 0 N–H and O–H groups in total. The van der Waals surface area contributed by atoms with E-state index in [4.69, 9.17) is 0 Å². The molecule has 0 saturated carbocycles. The van der Waals surface area contributed by atoms with Gasteiger partial charge in [-0.3, -0.25) is 4.79 Å². The van der Waals surface area contributed by atoms with Crippen molar-refractivity contribution in [2.45, 2.75) is 19.3 Å². The van der Waals surface area contributed by atoms with Gasteiger partial charge < -0.3 is 0 Å². The van der Waals surface area contributed by atoms with Crippen LogP contribution in [0.25, 0.3) is 0 Å². The first-order chi connectivity index (χ1) is 6.75. The molecule has 0 amide bonds. The number of carbonyl (C=O) groups is 1. The van der Waals surface area contributed by atoms with E-state index in [0.717, 1.165) is 12.8 Å². The van der Waals surface area contributed by atoms with E-state index in [-0.39, 0.29) is 11.3 Å². The van der Waals surface area contributed by atoms with Gasteiger partial charge in [0.15, 0.2) is 5.78 Å². The first kappa shape index (κ1) is 10.6. The van der Waals surface area contributed by atoms with E-state index in [1.54, 1.807) is 18.2 Å². The average Bonchev–Trinajstić information content (AvgIpc) is 2.18.